The molecule has 0 aliphatic carbocycles. The molecule has 0 radical (unpaired) electrons. The zero-order valence-corrected chi connectivity index (χ0v) is 12.3. The van der Waals surface area contributed by atoms with E-state index in [1.165, 1.54) is 31.4 Å². The topological polar surface area (TPSA) is 92.7 Å². The van der Waals surface area contributed by atoms with Crippen molar-refractivity contribution >= 4 is 33.0 Å². The van der Waals surface area contributed by atoms with Gasteiger partial charge in [0.1, 0.15) is 9.09 Å². The fourth-order valence-corrected chi connectivity index (χ4v) is 3.70. The van der Waals surface area contributed by atoms with Gasteiger partial charge in [0.15, 0.2) is 11.6 Å². The third-order valence-corrected chi connectivity index (χ3v) is 5.41. The van der Waals surface area contributed by atoms with Gasteiger partial charge < -0.3 is 9.84 Å². The monoisotopic (exact) mass is 331 g/mol. The molecule has 112 valence electrons. The Bertz CT molecular complexity index is 785. The van der Waals surface area contributed by atoms with E-state index in [0.717, 1.165) is 6.07 Å². The highest BCUT2D eigenvalue weighted by Gasteiger charge is 2.19. The standard InChI is InChI=1S/C12H10FNO5S2/c1-19-9-6-7(2-3-8(9)13)14-21(17,18)11-5-4-10(20-11)12(15)16/h2-6,14H,1H3,(H,15,16). The fourth-order valence-electron chi connectivity index (χ4n) is 1.51. The van der Waals surface area contributed by atoms with Crippen molar-refractivity contribution in [3.63, 3.8) is 0 Å². The van der Waals surface area contributed by atoms with Crippen molar-refractivity contribution in [3.05, 3.63) is 41.0 Å². The van der Waals surface area contributed by atoms with Gasteiger partial charge >= 0.3 is 5.97 Å². The molecular formula is C12H10FNO5S2. The lowest BCUT2D eigenvalue weighted by Crippen LogP contribution is -2.11. The summed E-state index contributed by atoms with van der Waals surface area (Å²) in [6, 6.07) is 5.89. The van der Waals surface area contributed by atoms with Gasteiger partial charge in [-0.25, -0.2) is 17.6 Å². The summed E-state index contributed by atoms with van der Waals surface area (Å²) in [4.78, 5) is 10.7. The van der Waals surface area contributed by atoms with Crippen molar-refractivity contribution in [2.75, 3.05) is 11.8 Å². The Kier molecular flexibility index (Phi) is 4.14. The molecule has 1 aromatic carbocycles. The van der Waals surface area contributed by atoms with E-state index in [-0.39, 0.29) is 20.5 Å². The highest BCUT2D eigenvalue weighted by molar-refractivity contribution is 7.94. The maximum absolute atomic E-state index is 13.3. The summed E-state index contributed by atoms with van der Waals surface area (Å²) >= 11 is 0.625. The summed E-state index contributed by atoms with van der Waals surface area (Å²) in [7, 11) is -2.68. The van der Waals surface area contributed by atoms with Crippen LogP contribution in [-0.2, 0) is 10.0 Å². The number of ether oxygens (including phenoxy) is 1. The minimum Gasteiger partial charge on any atom is -0.494 e. The fraction of sp³-hybridized carbons (Fsp3) is 0.0833. The lowest BCUT2D eigenvalue weighted by molar-refractivity contribution is 0.0702. The molecule has 0 spiro atoms. The van der Waals surface area contributed by atoms with E-state index in [1.54, 1.807) is 0 Å². The van der Waals surface area contributed by atoms with E-state index in [4.69, 9.17) is 9.84 Å². The Morgan fingerprint density at radius 1 is 1.33 bits per heavy atom. The Labute approximate surface area is 123 Å². The Balaban J connectivity index is 2.30. The molecule has 9 heteroatoms. The summed E-state index contributed by atoms with van der Waals surface area (Å²) < 4.78 is 44.3. The van der Waals surface area contributed by atoms with Crippen LogP contribution >= 0.6 is 11.3 Å². The second kappa shape index (κ2) is 5.70. The van der Waals surface area contributed by atoms with Gasteiger partial charge in [0.2, 0.25) is 0 Å². The number of halogens is 1. The number of thiophene rings is 1. The number of methoxy groups -OCH3 is 1. The lowest BCUT2D eigenvalue weighted by atomic mass is 10.3. The highest BCUT2D eigenvalue weighted by Crippen LogP contribution is 2.26. The first-order valence-electron chi connectivity index (χ1n) is 5.53. The van der Waals surface area contributed by atoms with Crippen molar-refractivity contribution in [3.8, 4) is 5.75 Å². The number of benzene rings is 1. The number of anilines is 1. The molecule has 1 aromatic heterocycles. The minimum atomic E-state index is -3.94. The van der Waals surface area contributed by atoms with Crippen molar-refractivity contribution in [1.82, 2.24) is 0 Å². The van der Waals surface area contributed by atoms with E-state index in [2.05, 4.69) is 4.72 Å². The smallest absolute Gasteiger partial charge is 0.345 e. The largest absolute Gasteiger partial charge is 0.494 e. The zero-order chi connectivity index (χ0) is 15.6. The van der Waals surface area contributed by atoms with Crippen LogP contribution in [0.2, 0.25) is 0 Å². The molecule has 0 aliphatic rings. The molecule has 0 amide bonds. The van der Waals surface area contributed by atoms with Crippen LogP contribution < -0.4 is 9.46 Å². The molecule has 1 heterocycles. The number of sulfonamides is 1. The first-order valence-corrected chi connectivity index (χ1v) is 7.83. The number of rotatable bonds is 5. The van der Waals surface area contributed by atoms with Gasteiger partial charge in [-0.3, -0.25) is 4.72 Å². The van der Waals surface area contributed by atoms with E-state index in [1.807, 2.05) is 0 Å². The Morgan fingerprint density at radius 3 is 2.62 bits per heavy atom. The molecule has 2 N–H and O–H groups in total. The number of aromatic carboxylic acids is 1. The van der Waals surface area contributed by atoms with Crippen LogP contribution in [0.4, 0.5) is 10.1 Å². The molecule has 0 fully saturated rings. The first kappa shape index (κ1) is 15.3. The summed E-state index contributed by atoms with van der Waals surface area (Å²) in [5.74, 6) is -1.93. The van der Waals surface area contributed by atoms with Crippen molar-refractivity contribution in [1.29, 1.82) is 0 Å². The number of carboxylic acid groups (broad SMARTS) is 1. The summed E-state index contributed by atoms with van der Waals surface area (Å²) in [6.45, 7) is 0. The SMILES string of the molecule is COc1cc(NS(=O)(=O)c2ccc(C(=O)O)s2)ccc1F. The minimum absolute atomic E-state index is 0.0907. The van der Waals surface area contributed by atoms with E-state index in [0.29, 0.717) is 11.3 Å². The lowest BCUT2D eigenvalue weighted by Gasteiger charge is -2.08. The quantitative estimate of drug-likeness (QED) is 0.877. The average Bonchev–Trinajstić information content (AvgIpc) is 2.91. The molecule has 0 atom stereocenters. The molecular weight excluding hydrogens is 321 g/mol. The Hall–Kier alpha value is -2.13. The summed E-state index contributed by atoms with van der Waals surface area (Å²) in [6.07, 6.45) is 0. The van der Waals surface area contributed by atoms with E-state index in [9.17, 15) is 17.6 Å². The van der Waals surface area contributed by atoms with E-state index >= 15 is 0 Å². The number of carbonyl (C=O) groups is 1. The van der Waals surface area contributed by atoms with Crippen LogP contribution in [0.15, 0.2) is 34.5 Å². The molecule has 0 unspecified atom stereocenters. The first-order chi connectivity index (χ1) is 9.83. The molecule has 2 rings (SSSR count). The van der Waals surface area contributed by atoms with Crippen LogP contribution in [-0.4, -0.2) is 26.6 Å². The van der Waals surface area contributed by atoms with Crippen LogP contribution in [0.25, 0.3) is 0 Å². The average molecular weight is 331 g/mol. The number of hydrogen-bond acceptors (Lipinski definition) is 5. The van der Waals surface area contributed by atoms with Crippen LogP contribution in [0.3, 0.4) is 0 Å². The van der Waals surface area contributed by atoms with Crippen LogP contribution in [0, 0.1) is 5.82 Å². The van der Waals surface area contributed by atoms with E-state index < -0.39 is 21.8 Å². The van der Waals surface area contributed by atoms with Gasteiger partial charge in [-0.15, -0.1) is 11.3 Å². The van der Waals surface area contributed by atoms with Gasteiger partial charge in [-0.05, 0) is 24.3 Å². The van der Waals surface area contributed by atoms with Gasteiger partial charge in [-0.2, -0.15) is 0 Å². The van der Waals surface area contributed by atoms with Crippen LogP contribution in [0.1, 0.15) is 9.67 Å². The van der Waals surface area contributed by atoms with Gasteiger partial charge in [0.25, 0.3) is 10.0 Å². The maximum Gasteiger partial charge on any atom is 0.345 e. The zero-order valence-electron chi connectivity index (χ0n) is 10.7. The molecule has 0 saturated heterocycles. The molecule has 21 heavy (non-hydrogen) atoms. The normalized spacial score (nSPS) is 11.1. The van der Waals surface area contributed by atoms with Gasteiger partial charge in [0, 0.05) is 6.07 Å². The second-order valence-corrected chi connectivity index (χ2v) is 6.87. The molecule has 6 nitrogen and oxygen atoms in total. The van der Waals surface area contributed by atoms with Gasteiger partial charge in [-0.1, -0.05) is 0 Å². The van der Waals surface area contributed by atoms with Crippen molar-refractivity contribution in [2.24, 2.45) is 0 Å². The number of nitrogens with one attached hydrogen (secondary N) is 1. The molecule has 2 aromatic rings. The highest BCUT2D eigenvalue weighted by atomic mass is 32.2. The molecule has 0 saturated carbocycles. The number of carboxylic acids is 1. The predicted molar refractivity (Wildman–Crippen MR) is 75.0 cm³/mol. The van der Waals surface area contributed by atoms with Gasteiger partial charge in [0.05, 0.1) is 12.8 Å². The van der Waals surface area contributed by atoms with Crippen molar-refractivity contribution in [2.45, 2.75) is 4.21 Å². The second-order valence-electron chi connectivity index (χ2n) is 3.88. The maximum atomic E-state index is 13.3. The van der Waals surface area contributed by atoms with Crippen LogP contribution in [0.5, 0.6) is 5.75 Å². The predicted octanol–water partition coefficient (Wildman–Crippen LogP) is 2.39. The third-order valence-electron chi connectivity index (χ3n) is 2.46. The molecule has 0 aliphatic heterocycles. The third kappa shape index (κ3) is 3.31. The number of hydrogen-bond donors (Lipinski definition) is 2. The summed E-state index contributed by atoms with van der Waals surface area (Å²) in [5.41, 5.74) is 0.110. The van der Waals surface area contributed by atoms with Crippen molar-refractivity contribution < 1.29 is 27.4 Å². The summed E-state index contributed by atoms with van der Waals surface area (Å²) in [5, 5.41) is 8.79. The molecule has 0 bridgehead atoms. The Morgan fingerprint density at radius 2 is 2.05 bits per heavy atom.